The summed E-state index contributed by atoms with van der Waals surface area (Å²) in [6.45, 7) is 9.90. The molecule has 2 aromatic rings. The molecule has 0 aliphatic carbocycles. The summed E-state index contributed by atoms with van der Waals surface area (Å²) in [7, 11) is 0. The molecule has 0 saturated carbocycles. The van der Waals surface area contributed by atoms with Crippen LogP contribution in [0.2, 0.25) is 0 Å². The molecule has 1 aromatic heterocycles. The monoisotopic (exact) mass is 298 g/mol. The summed E-state index contributed by atoms with van der Waals surface area (Å²) in [6, 6.07) is 9.36. The molecule has 0 saturated heterocycles. The Balaban J connectivity index is 2.11. The molecule has 5 nitrogen and oxygen atoms in total. The summed E-state index contributed by atoms with van der Waals surface area (Å²) in [5.74, 6) is 0.537. The first-order valence-corrected chi connectivity index (χ1v) is 7.52. The number of anilines is 2. The van der Waals surface area contributed by atoms with Crippen LogP contribution in [0.5, 0.6) is 0 Å². The van der Waals surface area contributed by atoms with E-state index in [1.807, 2.05) is 38.1 Å². The van der Waals surface area contributed by atoms with Gasteiger partial charge in [0.1, 0.15) is 0 Å². The van der Waals surface area contributed by atoms with Crippen LogP contribution >= 0.6 is 0 Å². The molecule has 0 unspecified atom stereocenters. The predicted octanol–water partition coefficient (Wildman–Crippen LogP) is 3.19. The molecule has 0 aliphatic heterocycles. The molecule has 2 rings (SSSR count). The van der Waals surface area contributed by atoms with Crippen molar-refractivity contribution in [1.82, 2.24) is 10.2 Å². The SMILES string of the molecule is CCN(CC)c1ccc(C(=O)Nc2ccc(C)c(C)c2)nn1. The van der Waals surface area contributed by atoms with Gasteiger partial charge in [-0.25, -0.2) is 0 Å². The van der Waals surface area contributed by atoms with Crippen molar-refractivity contribution in [3.8, 4) is 0 Å². The molecule has 0 bridgehead atoms. The molecule has 0 spiro atoms. The van der Waals surface area contributed by atoms with Gasteiger partial charge < -0.3 is 10.2 Å². The van der Waals surface area contributed by atoms with Crippen molar-refractivity contribution in [2.24, 2.45) is 0 Å². The summed E-state index contributed by atoms with van der Waals surface area (Å²) >= 11 is 0. The fraction of sp³-hybridized carbons (Fsp3) is 0.353. The number of hydrogen-bond acceptors (Lipinski definition) is 4. The maximum atomic E-state index is 12.2. The number of benzene rings is 1. The van der Waals surface area contributed by atoms with E-state index < -0.39 is 0 Å². The number of amides is 1. The predicted molar refractivity (Wildman–Crippen MR) is 89.5 cm³/mol. The zero-order valence-corrected chi connectivity index (χ0v) is 13.6. The molecule has 5 heteroatoms. The van der Waals surface area contributed by atoms with Crippen LogP contribution in [0.1, 0.15) is 35.5 Å². The first-order valence-electron chi connectivity index (χ1n) is 7.52. The van der Waals surface area contributed by atoms with Crippen molar-refractivity contribution in [3.63, 3.8) is 0 Å². The summed E-state index contributed by atoms with van der Waals surface area (Å²) < 4.78 is 0. The van der Waals surface area contributed by atoms with E-state index in [0.717, 1.165) is 30.2 Å². The van der Waals surface area contributed by atoms with Crippen molar-refractivity contribution in [2.45, 2.75) is 27.7 Å². The van der Waals surface area contributed by atoms with E-state index >= 15 is 0 Å². The highest BCUT2D eigenvalue weighted by Gasteiger charge is 2.11. The van der Waals surface area contributed by atoms with Crippen molar-refractivity contribution < 1.29 is 4.79 Å². The number of hydrogen-bond donors (Lipinski definition) is 1. The van der Waals surface area contributed by atoms with Crippen LogP contribution in [-0.2, 0) is 0 Å². The minimum absolute atomic E-state index is 0.248. The Labute approximate surface area is 131 Å². The summed E-state index contributed by atoms with van der Waals surface area (Å²) in [4.78, 5) is 14.3. The molecule has 116 valence electrons. The molecule has 1 amide bonds. The second kappa shape index (κ2) is 7.02. The zero-order chi connectivity index (χ0) is 16.1. The maximum absolute atomic E-state index is 12.2. The van der Waals surface area contributed by atoms with Gasteiger partial charge in [0.15, 0.2) is 11.5 Å². The fourth-order valence-corrected chi connectivity index (χ4v) is 2.18. The standard InChI is InChI=1S/C17H22N4O/c1-5-21(6-2)16-10-9-15(19-20-16)17(22)18-14-8-7-12(3)13(4)11-14/h7-11H,5-6H2,1-4H3,(H,18,22). The lowest BCUT2D eigenvalue weighted by Gasteiger charge is -2.18. The van der Waals surface area contributed by atoms with Crippen LogP contribution in [0.3, 0.4) is 0 Å². The second-order valence-corrected chi connectivity index (χ2v) is 5.20. The number of aryl methyl sites for hydroxylation is 2. The largest absolute Gasteiger partial charge is 0.356 e. The van der Waals surface area contributed by atoms with Crippen molar-refractivity contribution in [2.75, 3.05) is 23.3 Å². The lowest BCUT2D eigenvalue weighted by Crippen LogP contribution is -2.24. The van der Waals surface area contributed by atoms with Gasteiger partial charge in [0.25, 0.3) is 5.91 Å². The molecule has 0 fully saturated rings. The molecule has 0 atom stereocenters. The fourth-order valence-electron chi connectivity index (χ4n) is 2.18. The van der Waals surface area contributed by atoms with Gasteiger partial charge in [-0.05, 0) is 63.1 Å². The first kappa shape index (κ1) is 15.9. The normalized spacial score (nSPS) is 10.4. The van der Waals surface area contributed by atoms with Gasteiger partial charge in [0.2, 0.25) is 0 Å². The van der Waals surface area contributed by atoms with Crippen LogP contribution in [0.4, 0.5) is 11.5 Å². The lowest BCUT2D eigenvalue weighted by molar-refractivity contribution is 0.102. The molecule has 1 heterocycles. The third-order valence-corrected chi connectivity index (χ3v) is 3.74. The molecule has 1 aromatic carbocycles. The van der Waals surface area contributed by atoms with Crippen molar-refractivity contribution >= 4 is 17.4 Å². The van der Waals surface area contributed by atoms with Gasteiger partial charge in [-0.2, -0.15) is 0 Å². The number of aromatic nitrogens is 2. The summed E-state index contributed by atoms with van der Waals surface area (Å²) in [6.07, 6.45) is 0. The van der Waals surface area contributed by atoms with E-state index in [9.17, 15) is 4.79 Å². The highest BCUT2D eigenvalue weighted by atomic mass is 16.1. The molecule has 22 heavy (non-hydrogen) atoms. The third kappa shape index (κ3) is 3.61. The molecule has 1 N–H and O–H groups in total. The molecule has 0 aliphatic rings. The van der Waals surface area contributed by atoms with Gasteiger partial charge in [-0.3, -0.25) is 4.79 Å². The molecule has 0 radical (unpaired) electrons. The molecular weight excluding hydrogens is 276 g/mol. The highest BCUT2D eigenvalue weighted by molar-refractivity contribution is 6.02. The van der Waals surface area contributed by atoms with E-state index in [2.05, 4.69) is 34.3 Å². The topological polar surface area (TPSA) is 58.1 Å². The van der Waals surface area contributed by atoms with Crippen molar-refractivity contribution in [3.05, 3.63) is 47.2 Å². The number of nitrogens with zero attached hydrogens (tertiary/aromatic N) is 3. The Morgan fingerprint density at radius 3 is 2.32 bits per heavy atom. The average Bonchev–Trinajstić information content (AvgIpc) is 2.53. The zero-order valence-electron chi connectivity index (χ0n) is 13.6. The smallest absolute Gasteiger partial charge is 0.276 e. The number of carbonyl (C=O) groups is 1. The van der Waals surface area contributed by atoms with Gasteiger partial charge in [0, 0.05) is 18.8 Å². The van der Waals surface area contributed by atoms with Crippen LogP contribution in [0.15, 0.2) is 30.3 Å². The van der Waals surface area contributed by atoms with E-state index in [1.165, 1.54) is 5.56 Å². The lowest BCUT2D eigenvalue weighted by atomic mass is 10.1. The second-order valence-electron chi connectivity index (χ2n) is 5.20. The maximum Gasteiger partial charge on any atom is 0.276 e. The Hall–Kier alpha value is -2.43. The Morgan fingerprint density at radius 2 is 1.77 bits per heavy atom. The molecular formula is C17H22N4O. The van der Waals surface area contributed by atoms with E-state index in [1.54, 1.807) is 6.07 Å². The Morgan fingerprint density at radius 1 is 1.05 bits per heavy atom. The van der Waals surface area contributed by atoms with E-state index in [0.29, 0.717) is 5.69 Å². The van der Waals surface area contributed by atoms with Crippen LogP contribution in [0, 0.1) is 13.8 Å². The van der Waals surface area contributed by atoms with Crippen LogP contribution in [-0.4, -0.2) is 29.2 Å². The average molecular weight is 298 g/mol. The minimum Gasteiger partial charge on any atom is -0.356 e. The minimum atomic E-state index is -0.248. The summed E-state index contributed by atoms with van der Waals surface area (Å²) in [5.41, 5.74) is 3.42. The quantitative estimate of drug-likeness (QED) is 0.921. The first-order chi connectivity index (χ1) is 10.5. The van der Waals surface area contributed by atoms with Gasteiger partial charge in [-0.1, -0.05) is 6.07 Å². The van der Waals surface area contributed by atoms with Gasteiger partial charge >= 0.3 is 0 Å². The van der Waals surface area contributed by atoms with E-state index in [-0.39, 0.29) is 5.91 Å². The Kier molecular flexibility index (Phi) is 5.09. The number of nitrogens with one attached hydrogen (secondary N) is 1. The van der Waals surface area contributed by atoms with Crippen LogP contribution < -0.4 is 10.2 Å². The van der Waals surface area contributed by atoms with E-state index in [4.69, 9.17) is 0 Å². The van der Waals surface area contributed by atoms with Crippen molar-refractivity contribution in [1.29, 1.82) is 0 Å². The van der Waals surface area contributed by atoms with Gasteiger partial charge in [-0.15, -0.1) is 10.2 Å². The van der Waals surface area contributed by atoms with Gasteiger partial charge in [0.05, 0.1) is 0 Å². The number of carbonyl (C=O) groups excluding carboxylic acids is 1. The summed E-state index contributed by atoms with van der Waals surface area (Å²) in [5, 5.41) is 11.0. The third-order valence-electron chi connectivity index (χ3n) is 3.74. The highest BCUT2D eigenvalue weighted by Crippen LogP contribution is 2.15. The Bertz CT molecular complexity index is 648. The number of rotatable bonds is 5. The van der Waals surface area contributed by atoms with Crippen LogP contribution in [0.25, 0.3) is 0 Å².